The second kappa shape index (κ2) is 8.05. The number of hydrogen-bond acceptors (Lipinski definition) is 3. The van der Waals surface area contributed by atoms with Crippen molar-refractivity contribution in [2.24, 2.45) is 0 Å². The summed E-state index contributed by atoms with van der Waals surface area (Å²) in [6, 6.07) is 5.46. The van der Waals surface area contributed by atoms with Crippen LogP contribution in [0.3, 0.4) is 0 Å². The van der Waals surface area contributed by atoms with Crippen molar-refractivity contribution in [2.75, 3.05) is 12.4 Å². The van der Waals surface area contributed by atoms with Crippen molar-refractivity contribution in [3.63, 3.8) is 0 Å². The number of carbonyl (C=O) groups excluding carboxylic acids is 1. The van der Waals surface area contributed by atoms with Crippen molar-refractivity contribution in [2.45, 2.75) is 45.6 Å². The fraction of sp³-hybridized carbons (Fsp3) is 0.533. The fourth-order valence-electron chi connectivity index (χ4n) is 1.92. The summed E-state index contributed by atoms with van der Waals surface area (Å²) >= 11 is 6.13. The minimum absolute atomic E-state index is 0.331. The van der Waals surface area contributed by atoms with Crippen LogP contribution in [-0.2, 0) is 4.74 Å². The molecule has 0 saturated carbocycles. The minimum atomic E-state index is -0.349. The van der Waals surface area contributed by atoms with E-state index in [9.17, 15) is 4.79 Å². The summed E-state index contributed by atoms with van der Waals surface area (Å²) in [6.45, 7) is 4.31. The van der Waals surface area contributed by atoms with Crippen LogP contribution in [0.4, 0.5) is 5.69 Å². The summed E-state index contributed by atoms with van der Waals surface area (Å²) < 4.78 is 4.71. The standard InChI is InChI=1S/C15H22ClNO2/c1-4-5-6-7-11(2)17-14-10-12(15(18)19-3)8-9-13(14)16/h8-11,17H,4-7H2,1-3H3. The van der Waals surface area contributed by atoms with Crippen LogP contribution in [0.1, 0.15) is 49.9 Å². The second-order valence-corrected chi connectivity index (χ2v) is 5.13. The first-order valence-corrected chi connectivity index (χ1v) is 7.10. The molecule has 3 nitrogen and oxygen atoms in total. The van der Waals surface area contributed by atoms with Gasteiger partial charge in [0.15, 0.2) is 0 Å². The highest BCUT2D eigenvalue weighted by Crippen LogP contribution is 2.25. The Hall–Kier alpha value is -1.22. The molecule has 106 valence electrons. The molecule has 1 N–H and O–H groups in total. The molecule has 1 rings (SSSR count). The third-order valence-electron chi connectivity index (χ3n) is 3.03. The Morgan fingerprint density at radius 1 is 1.42 bits per heavy atom. The van der Waals surface area contributed by atoms with E-state index in [1.807, 2.05) is 0 Å². The predicted octanol–water partition coefficient (Wildman–Crippen LogP) is 4.51. The zero-order valence-electron chi connectivity index (χ0n) is 11.8. The van der Waals surface area contributed by atoms with Gasteiger partial charge < -0.3 is 10.1 Å². The Labute approximate surface area is 120 Å². The molecule has 1 unspecified atom stereocenters. The molecule has 0 aliphatic heterocycles. The van der Waals surface area contributed by atoms with E-state index in [0.29, 0.717) is 16.6 Å². The highest BCUT2D eigenvalue weighted by molar-refractivity contribution is 6.33. The van der Waals surface area contributed by atoms with Crippen LogP contribution in [-0.4, -0.2) is 19.1 Å². The molecule has 1 aromatic carbocycles. The molecule has 19 heavy (non-hydrogen) atoms. The first kappa shape index (κ1) is 15.8. The van der Waals surface area contributed by atoms with E-state index in [4.69, 9.17) is 16.3 Å². The molecule has 0 heterocycles. The first-order valence-electron chi connectivity index (χ1n) is 6.72. The molecule has 0 fully saturated rings. The van der Waals surface area contributed by atoms with E-state index >= 15 is 0 Å². The van der Waals surface area contributed by atoms with E-state index < -0.39 is 0 Å². The minimum Gasteiger partial charge on any atom is -0.465 e. The Morgan fingerprint density at radius 2 is 2.16 bits per heavy atom. The molecule has 0 radical (unpaired) electrons. The number of methoxy groups -OCH3 is 1. The molecule has 0 aliphatic carbocycles. The van der Waals surface area contributed by atoms with Gasteiger partial charge in [-0.3, -0.25) is 0 Å². The van der Waals surface area contributed by atoms with Gasteiger partial charge in [-0.2, -0.15) is 0 Å². The number of ether oxygens (including phenoxy) is 1. The molecule has 0 amide bonds. The van der Waals surface area contributed by atoms with Gasteiger partial charge in [-0.25, -0.2) is 4.79 Å². The zero-order chi connectivity index (χ0) is 14.3. The molecule has 0 bridgehead atoms. The Balaban J connectivity index is 2.68. The summed E-state index contributed by atoms with van der Waals surface area (Å²) in [5.74, 6) is -0.349. The summed E-state index contributed by atoms with van der Waals surface area (Å²) in [6.07, 6.45) is 4.73. The third-order valence-corrected chi connectivity index (χ3v) is 3.36. The average Bonchev–Trinajstić information content (AvgIpc) is 2.40. The molecular formula is C15H22ClNO2. The Bertz CT molecular complexity index is 421. The number of unbranched alkanes of at least 4 members (excludes halogenated alkanes) is 2. The number of benzene rings is 1. The zero-order valence-corrected chi connectivity index (χ0v) is 12.6. The maximum absolute atomic E-state index is 11.5. The van der Waals surface area contributed by atoms with Crippen LogP contribution in [0.15, 0.2) is 18.2 Å². The number of nitrogens with one attached hydrogen (secondary N) is 1. The van der Waals surface area contributed by atoms with Crippen LogP contribution in [0.2, 0.25) is 5.02 Å². The van der Waals surface area contributed by atoms with Crippen LogP contribution in [0.25, 0.3) is 0 Å². The van der Waals surface area contributed by atoms with Gasteiger partial charge in [-0.1, -0.05) is 37.8 Å². The molecule has 0 aromatic heterocycles. The van der Waals surface area contributed by atoms with Crippen molar-refractivity contribution in [1.82, 2.24) is 0 Å². The van der Waals surface area contributed by atoms with E-state index in [1.165, 1.54) is 26.4 Å². The first-order chi connectivity index (χ1) is 9.08. The monoisotopic (exact) mass is 283 g/mol. The molecular weight excluding hydrogens is 262 g/mol. The largest absolute Gasteiger partial charge is 0.465 e. The second-order valence-electron chi connectivity index (χ2n) is 4.73. The van der Waals surface area contributed by atoms with Crippen molar-refractivity contribution in [1.29, 1.82) is 0 Å². The quantitative estimate of drug-likeness (QED) is 0.591. The van der Waals surface area contributed by atoms with E-state index in [0.717, 1.165) is 12.1 Å². The molecule has 0 spiro atoms. The molecule has 0 saturated heterocycles. The van der Waals surface area contributed by atoms with Crippen molar-refractivity contribution >= 4 is 23.3 Å². The summed E-state index contributed by atoms with van der Waals surface area (Å²) in [5.41, 5.74) is 1.30. The van der Waals surface area contributed by atoms with E-state index in [-0.39, 0.29) is 5.97 Å². The number of esters is 1. The smallest absolute Gasteiger partial charge is 0.337 e. The highest BCUT2D eigenvalue weighted by atomic mass is 35.5. The van der Waals surface area contributed by atoms with Gasteiger partial charge in [0.2, 0.25) is 0 Å². The number of anilines is 1. The van der Waals surface area contributed by atoms with Gasteiger partial charge >= 0.3 is 5.97 Å². The van der Waals surface area contributed by atoms with Gasteiger partial charge in [0, 0.05) is 6.04 Å². The predicted molar refractivity (Wildman–Crippen MR) is 80.0 cm³/mol. The summed E-state index contributed by atoms with van der Waals surface area (Å²) in [7, 11) is 1.37. The molecule has 4 heteroatoms. The average molecular weight is 284 g/mol. The molecule has 0 aliphatic rings. The van der Waals surface area contributed by atoms with Crippen molar-refractivity contribution in [3.8, 4) is 0 Å². The molecule has 1 atom stereocenters. The summed E-state index contributed by atoms with van der Waals surface area (Å²) in [4.78, 5) is 11.5. The normalized spacial score (nSPS) is 12.0. The maximum atomic E-state index is 11.5. The fourth-order valence-corrected chi connectivity index (χ4v) is 2.09. The number of rotatable bonds is 7. The topological polar surface area (TPSA) is 38.3 Å². The maximum Gasteiger partial charge on any atom is 0.337 e. The van der Waals surface area contributed by atoms with Crippen LogP contribution < -0.4 is 5.32 Å². The lowest BCUT2D eigenvalue weighted by Crippen LogP contribution is -2.15. The van der Waals surface area contributed by atoms with Crippen LogP contribution in [0.5, 0.6) is 0 Å². The van der Waals surface area contributed by atoms with Crippen molar-refractivity contribution in [3.05, 3.63) is 28.8 Å². The lowest BCUT2D eigenvalue weighted by atomic mass is 10.1. The Morgan fingerprint density at radius 3 is 2.79 bits per heavy atom. The van der Waals surface area contributed by atoms with Gasteiger partial charge in [-0.15, -0.1) is 0 Å². The highest BCUT2D eigenvalue weighted by Gasteiger charge is 2.10. The van der Waals surface area contributed by atoms with Crippen LogP contribution >= 0.6 is 11.6 Å². The third kappa shape index (κ3) is 5.11. The van der Waals surface area contributed by atoms with E-state index in [1.54, 1.807) is 18.2 Å². The van der Waals surface area contributed by atoms with Gasteiger partial charge in [-0.05, 0) is 31.5 Å². The van der Waals surface area contributed by atoms with Gasteiger partial charge in [0.1, 0.15) is 0 Å². The number of halogens is 1. The lowest BCUT2D eigenvalue weighted by Gasteiger charge is -2.16. The SMILES string of the molecule is CCCCCC(C)Nc1cc(C(=O)OC)ccc1Cl. The lowest BCUT2D eigenvalue weighted by molar-refractivity contribution is 0.0601. The van der Waals surface area contributed by atoms with Crippen LogP contribution in [0, 0.1) is 0 Å². The van der Waals surface area contributed by atoms with Crippen molar-refractivity contribution < 1.29 is 9.53 Å². The number of hydrogen-bond donors (Lipinski definition) is 1. The summed E-state index contributed by atoms with van der Waals surface area (Å²) in [5, 5.41) is 3.97. The Kier molecular flexibility index (Phi) is 6.71. The number of carbonyl (C=O) groups is 1. The van der Waals surface area contributed by atoms with E-state index in [2.05, 4.69) is 19.2 Å². The molecule has 1 aromatic rings. The van der Waals surface area contributed by atoms with Gasteiger partial charge in [0.05, 0.1) is 23.4 Å². The van der Waals surface area contributed by atoms with Gasteiger partial charge in [0.25, 0.3) is 0 Å².